The first-order chi connectivity index (χ1) is 11.4. The van der Waals surface area contributed by atoms with Crippen molar-refractivity contribution in [2.75, 3.05) is 26.2 Å². The maximum Gasteiger partial charge on any atom is 0.272 e. The lowest BCUT2D eigenvalue weighted by atomic mass is 9.72. The van der Waals surface area contributed by atoms with Crippen LogP contribution in [-0.2, 0) is 11.8 Å². The van der Waals surface area contributed by atoms with E-state index in [-0.39, 0.29) is 17.2 Å². The summed E-state index contributed by atoms with van der Waals surface area (Å²) in [6.45, 7) is 4.23. The van der Waals surface area contributed by atoms with Crippen LogP contribution in [0.3, 0.4) is 0 Å². The fraction of sp³-hybridized carbons (Fsp3) is 0.706. The second kappa shape index (κ2) is 6.55. The smallest absolute Gasteiger partial charge is 0.272 e. The summed E-state index contributed by atoms with van der Waals surface area (Å²) < 4.78 is 1.61. The topological polar surface area (TPSA) is 78.7 Å². The summed E-state index contributed by atoms with van der Waals surface area (Å²) >= 11 is 0. The van der Waals surface area contributed by atoms with Crippen LogP contribution in [0.5, 0.6) is 0 Å². The summed E-state index contributed by atoms with van der Waals surface area (Å²) in [6, 6.07) is 1.75. The molecule has 1 atom stereocenters. The average molecular weight is 334 g/mol. The summed E-state index contributed by atoms with van der Waals surface area (Å²) in [6.07, 6.45) is 4.37. The predicted molar refractivity (Wildman–Crippen MR) is 88.3 cm³/mol. The molecular weight excluding hydrogens is 308 g/mol. The molecule has 0 unspecified atom stereocenters. The van der Waals surface area contributed by atoms with Gasteiger partial charge in [0, 0.05) is 45.8 Å². The van der Waals surface area contributed by atoms with E-state index in [1.807, 2.05) is 4.90 Å². The summed E-state index contributed by atoms with van der Waals surface area (Å²) in [5, 5.41) is 13.7. The van der Waals surface area contributed by atoms with Crippen LogP contribution >= 0.6 is 0 Å². The molecule has 132 valence electrons. The summed E-state index contributed by atoms with van der Waals surface area (Å²) in [5.41, 5.74) is 0.701. The number of amides is 2. The lowest BCUT2D eigenvalue weighted by Gasteiger charge is -2.47. The molecule has 2 saturated heterocycles. The van der Waals surface area contributed by atoms with E-state index >= 15 is 0 Å². The van der Waals surface area contributed by atoms with Gasteiger partial charge < -0.3 is 14.9 Å². The van der Waals surface area contributed by atoms with Crippen LogP contribution in [0.1, 0.15) is 43.1 Å². The van der Waals surface area contributed by atoms with E-state index in [0.717, 1.165) is 19.3 Å². The largest absolute Gasteiger partial charge is 0.392 e. The first-order valence-electron chi connectivity index (χ1n) is 8.63. The zero-order chi connectivity index (χ0) is 17.3. The Labute approximate surface area is 142 Å². The molecule has 0 aliphatic carbocycles. The van der Waals surface area contributed by atoms with E-state index in [9.17, 15) is 14.7 Å². The van der Waals surface area contributed by atoms with Crippen molar-refractivity contribution in [1.29, 1.82) is 0 Å². The van der Waals surface area contributed by atoms with Gasteiger partial charge in [0.1, 0.15) is 5.69 Å². The van der Waals surface area contributed by atoms with E-state index in [0.29, 0.717) is 38.3 Å². The number of carbonyl (C=O) groups is 2. The van der Waals surface area contributed by atoms with Gasteiger partial charge in [-0.2, -0.15) is 5.10 Å². The number of rotatable bonds is 3. The van der Waals surface area contributed by atoms with Crippen molar-refractivity contribution in [2.24, 2.45) is 12.5 Å². The van der Waals surface area contributed by atoms with Crippen molar-refractivity contribution in [2.45, 2.75) is 38.7 Å². The summed E-state index contributed by atoms with van der Waals surface area (Å²) in [5.74, 6) is 0.160. The molecule has 0 bridgehead atoms. The molecule has 3 rings (SSSR count). The van der Waals surface area contributed by atoms with Gasteiger partial charge in [0.05, 0.1) is 6.10 Å². The highest BCUT2D eigenvalue weighted by Gasteiger charge is 2.42. The molecule has 0 radical (unpaired) electrons. The molecule has 2 fully saturated rings. The zero-order valence-corrected chi connectivity index (χ0v) is 14.4. The number of hydrogen-bond acceptors (Lipinski definition) is 4. The zero-order valence-electron chi connectivity index (χ0n) is 14.4. The molecule has 24 heavy (non-hydrogen) atoms. The minimum Gasteiger partial charge on any atom is -0.392 e. The van der Waals surface area contributed by atoms with Crippen molar-refractivity contribution in [3.8, 4) is 0 Å². The van der Waals surface area contributed by atoms with Crippen molar-refractivity contribution < 1.29 is 14.7 Å². The van der Waals surface area contributed by atoms with Gasteiger partial charge in [-0.3, -0.25) is 14.3 Å². The third-order valence-corrected chi connectivity index (χ3v) is 5.38. The van der Waals surface area contributed by atoms with Crippen molar-refractivity contribution in [1.82, 2.24) is 19.6 Å². The monoisotopic (exact) mass is 334 g/mol. The van der Waals surface area contributed by atoms with E-state index in [4.69, 9.17) is 0 Å². The molecule has 2 aliphatic rings. The first kappa shape index (κ1) is 17.0. The normalized spacial score (nSPS) is 22.0. The van der Waals surface area contributed by atoms with Crippen LogP contribution in [0.15, 0.2) is 12.3 Å². The van der Waals surface area contributed by atoms with Gasteiger partial charge in [-0.05, 0) is 37.7 Å². The first-order valence-corrected chi connectivity index (χ1v) is 8.63. The van der Waals surface area contributed by atoms with Crippen LogP contribution in [0, 0.1) is 5.41 Å². The highest BCUT2D eigenvalue weighted by atomic mass is 16.3. The van der Waals surface area contributed by atoms with E-state index in [2.05, 4.69) is 5.10 Å². The van der Waals surface area contributed by atoms with Crippen LogP contribution in [0.4, 0.5) is 0 Å². The fourth-order valence-corrected chi connectivity index (χ4v) is 3.93. The van der Waals surface area contributed by atoms with Gasteiger partial charge in [0.15, 0.2) is 0 Å². The third-order valence-electron chi connectivity index (χ3n) is 5.38. The minimum atomic E-state index is -0.504. The number of nitrogens with zero attached hydrogens (tertiary/aromatic N) is 4. The van der Waals surface area contributed by atoms with Crippen molar-refractivity contribution >= 4 is 11.8 Å². The van der Waals surface area contributed by atoms with Crippen LogP contribution in [0.2, 0.25) is 0 Å². The number of hydrogen-bond donors (Lipinski definition) is 1. The molecule has 1 N–H and O–H groups in total. The van der Waals surface area contributed by atoms with Crippen LogP contribution in [0.25, 0.3) is 0 Å². The Morgan fingerprint density at radius 2 is 2.08 bits per heavy atom. The number of aryl methyl sites for hydroxylation is 1. The SMILES string of the molecule is C[C@H](O)CN1CC2(CCC1=O)CCN(C(=O)c1ccnn1C)CC2. The average Bonchev–Trinajstić information content (AvgIpc) is 2.97. The quantitative estimate of drug-likeness (QED) is 0.880. The molecule has 7 nitrogen and oxygen atoms in total. The summed E-state index contributed by atoms with van der Waals surface area (Å²) in [4.78, 5) is 28.3. The van der Waals surface area contributed by atoms with Gasteiger partial charge >= 0.3 is 0 Å². The lowest BCUT2D eigenvalue weighted by Crippen LogP contribution is -2.53. The van der Waals surface area contributed by atoms with E-state index in [1.165, 1.54) is 0 Å². The maximum atomic E-state index is 12.6. The van der Waals surface area contributed by atoms with Gasteiger partial charge in [-0.1, -0.05) is 0 Å². The second-order valence-corrected chi connectivity index (χ2v) is 7.26. The standard InChI is InChI=1S/C17H26N4O3/c1-13(22)11-21-12-17(5-3-15(21)23)6-9-20(10-7-17)16(24)14-4-8-18-19(14)2/h4,8,13,22H,3,5-7,9-12H2,1-2H3/t13-/m0/s1. The molecule has 1 aromatic rings. The number of aliphatic hydroxyl groups is 1. The highest BCUT2D eigenvalue weighted by molar-refractivity contribution is 5.92. The number of β-amino-alcohol motifs (C(OH)–C–C–N with tert-alkyl or cyclic N) is 1. The molecule has 2 amide bonds. The van der Waals surface area contributed by atoms with Crippen LogP contribution in [-0.4, -0.2) is 68.8 Å². The number of likely N-dealkylation sites (tertiary alicyclic amines) is 2. The third kappa shape index (κ3) is 3.31. The van der Waals surface area contributed by atoms with Crippen LogP contribution < -0.4 is 0 Å². The Morgan fingerprint density at radius 1 is 1.38 bits per heavy atom. The number of aromatic nitrogens is 2. The molecule has 3 heterocycles. The molecule has 0 aromatic carbocycles. The maximum absolute atomic E-state index is 12.6. The second-order valence-electron chi connectivity index (χ2n) is 7.26. The van der Waals surface area contributed by atoms with Gasteiger partial charge in [0.2, 0.25) is 5.91 Å². The fourth-order valence-electron chi connectivity index (χ4n) is 3.93. The van der Waals surface area contributed by atoms with Gasteiger partial charge in [0.25, 0.3) is 5.91 Å². The van der Waals surface area contributed by atoms with Crippen molar-refractivity contribution in [3.63, 3.8) is 0 Å². The Morgan fingerprint density at radius 3 is 2.67 bits per heavy atom. The molecule has 0 saturated carbocycles. The number of piperidine rings is 2. The Kier molecular flexibility index (Phi) is 4.62. The molecule has 7 heteroatoms. The highest BCUT2D eigenvalue weighted by Crippen LogP contribution is 2.40. The minimum absolute atomic E-state index is 0.0255. The Hall–Kier alpha value is -1.89. The molecule has 2 aliphatic heterocycles. The van der Waals surface area contributed by atoms with Gasteiger partial charge in [-0.25, -0.2) is 0 Å². The Bertz CT molecular complexity index is 617. The van der Waals surface area contributed by atoms with Crippen molar-refractivity contribution in [3.05, 3.63) is 18.0 Å². The molecule has 1 aromatic heterocycles. The number of carbonyl (C=O) groups excluding carboxylic acids is 2. The lowest BCUT2D eigenvalue weighted by molar-refractivity contribution is -0.140. The van der Waals surface area contributed by atoms with Gasteiger partial charge in [-0.15, -0.1) is 0 Å². The molecule has 1 spiro atoms. The summed E-state index contributed by atoms with van der Waals surface area (Å²) in [7, 11) is 1.78. The predicted octanol–water partition coefficient (Wildman–Crippen LogP) is 0.646. The number of aliphatic hydroxyl groups excluding tert-OH is 1. The molecular formula is C17H26N4O3. The van der Waals surface area contributed by atoms with E-state index < -0.39 is 6.10 Å². The Balaban J connectivity index is 1.63. The van der Waals surface area contributed by atoms with E-state index in [1.54, 1.807) is 35.8 Å².